The summed E-state index contributed by atoms with van der Waals surface area (Å²) in [5, 5.41) is 0. The standard InChI is InChI=1S/C32H28FNO3/c1-22-7-9-24(10-8-22)30(35)20-19-29-31(34(32(29)36)27-15-13-26(33)14-16-27)25-11-17-28(18-12-25)37-21-23-5-3-2-4-6-23/h2-18,29,31H,19-21H2,1H3. The third-order valence-corrected chi connectivity index (χ3v) is 6.84. The zero-order chi connectivity index (χ0) is 25.8. The Labute approximate surface area is 216 Å². The van der Waals surface area contributed by atoms with Gasteiger partial charge in [-0.05, 0) is 60.9 Å². The van der Waals surface area contributed by atoms with E-state index in [4.69, 9.17) is 4.74 Å². The van der Waals surface area contributed by atoms with Gasteiger partial charge in [0.15, 0.2) is 5.78 Å². The molecule has 186 valence electrons. The van der Waals surface area contributed by atoms with Crippen molar-refractivity contribution in [3.63, 3.8) is 0 Å². The molecule has 5 rings (SSSR count). The number of carbonyl (C=O) groups excluding carboxylic acids is 2. The number of halogens is 1. The van der Waals surface area contributed by atoms with Crippen molar-refractivity contribution < 1.29 is 18.7 Å². The number of β-lactam (4-membered cyclic amide) rings is 1. The number of ketones is 1. The topological polar surface area (TPSA) is 46.6 Å². The lowest BCUT2D eigenvalue weighted by atomic mass is 9.78. The third-order valence-electron chi connectivity index (χ3n) is 6.84. The second kappa shape index (κ2) is 10.8. The molecule has 2 unspecified atom stereocenters. The monoisotopic (exact) mass is 493 g/mol. The molecule has 4 aromatic rings. The van der Waals surface area contributed by atoms with Gasteiger partial charge in [0, 0.05) is 17.7 Å². The van der Waals surface area contributed by atoms with E-state index in [-0.39, 0.29) is 35.9 Å². The van der Waals surface area contributed by atoms with Crippen LogP contribution in [0.25, 0.3) is 0 Å². The van der Waals surface area contributed by atoms with Crippen LogP contribution < -0.4 is 9.64 Å². The Morgan fingerprint density at radius 1 is 0.865 bits per heavy atom. The Morgan fingerprint density at radius 2 is 1.54 bits per heavy atom. The Morgan fingerprint density at radius 3 is 2.22 bits per heavy atom. The maximum Gasteiger partial charge on any atom is 0.233 e. The molecule has 1 fully saturated rings. The van der Waals surface area contributed by atoms with E-state index < -0.39 is 0 Å². The van der Waals surface area contributed by atoms with E-state index >= 15 is 0 Å². The van der Waals surface area contributed by atoms with Crippen molar-refractivity contribution in [3.8, 4) is 5.75 Å². The minimum Gasteiger partial charge on any atom is -0.489 e. The molecule has 4 nitrogen and oxygen atoms in total. The normalized spacial score (nSPS) is 16.8. The second-order valence-electron chi connectivity index (χ2n) is 9.41. The molecule has 1 amide bonds. The summed E-state index contributed by atoms with van der Waals surface area (Å²) < 4.78 is 19.5. The Balaban J connectivity index is 1.33. The van der Waals surface area contributed by atoms with Gasteiger partial charge in [-0.3, -0.25) is 9.59 Å². The van der Waals surface area contributed by atoms with Crippen molar-refractivity contribution in [2.75, 3.05) is 4.90 Å². The molecule has 0 aromatic heterocycles. The van der Waals surface area contributed by atoms with Gasteiger partial charge in [-0.25, -0.2) is 4.39 Å². The predicted octanol–water partition coefficient (Wildman–Crippen LogP) is 7.08. The highest BCUT2D eigenvalue weighted by molar-refractivity contribution is 6.04. The minimum absolute atomic E-state index is 0.0245. The van der Waals surface area contributed by atoms with Crippen molar-refractivity contribution in [2.24, 2.45) is 5.92 Å². The van der Waals surface area contributed by atoms with Gasteiger partial charge >= 0.3 is 0 Å². The van der Waals surface area contributed by atoms with Gasteiger partial charge in [0.25, 0.3) is 0 Å². The number of rotatable bonds is 9. The smallest absolute Gasteiger partial charge is 0.233 e. The molecular formula is C32H28FNO3. The van der Waals surface area contributed by atoms with Crippen molar-refractivity contribution in [1.82, 2.24) is 0 Å². The van der Waals surface area contributed by atoms with E-state index in [0.29, 0.717) is 24.3 Å². The average molecular weight is 494 g/mol. The number of ether oxygens (including phenoxy) is 1. The van der Waals surface area contributed by atoms with Crippen LogP contribution in [0.5, 0.6) is 5.75 Å². The van der Waals surface area contributed by atoms with Gasteiger partial charge in [-0.1, -0.05) is 72.3 Å². The first-order valence-electron chi connectivity index (χ1n) is 12.4. The van der Waals surface area contributed by atoms with Gasteiger partial charge in [0.1, 0.15) is 18.2 Å². The van der Waals surface area contributed by atoms with E-state index in [1.165, 1.54) is 12.1 Å². The number of amides is 1. The first kappa shape index (κ1) is 24.4. The molecule has 0 saturated carbocycles. The van der Waals surface area contributed by atoms with Gasteiger partial charge in [0.2, 0.25) is 5.91 Å². The molecule has 1 aliphatic heterocycles. The first-order chi connectivity index (χ1) is 18.0. The van der Waals surface area contributed by atoms with Crippen LogP contribution in [0.3, 0.4) is 0 Å². The van der Waals surface area contributed by atoms with Crippen molar-refractivity contribution >= 4 is 17.4 Å². The van der Waals surface area contributed by atoms with Gasteiger partial charge in [0.05, 0.1) is 12.0 Å². The summed E-state index contributed by atoms with van der Waals surface area (Å²) >= 11 is 0. The van der Waals surface area contributed by atoms with Gasteiger partial charge in [-0.15, -0.1) is 0 Å². The molecule has 4 aromatic carbocycles. The molecule has 37 heavy (non-hydrogen) atoms. The van der Waals surface area contributed by atoms with Crippen molar-refractivity contribution in [2.45, 2.75) is 32.4 Å². The summed E-state index contributed by atoms with van der Waals surface area (Å²) in [6, 6.07) is 30.9. The van der Waals surface area contributed by atoms with Crippen LogP contribution in [0.2, 0.25) is 0 Å². The molecule has 0 N–H and O–H groups in total. The zero-order valence-electron chi connectivity index (χ0n) is 20.6. The highest BCUT2D eigenvalue weighted by atomic mass is 19.1. The number of hydrogen-bond donors (Lipinski definition) is 0. The number of nitrogens with zero attached hydrogens (tertiary/aromatic N) is 1. The van der Waals surface area contributed by atoms with E-state index in [0.717, 1.165) is 22.4 Å². The fourth-order valence-electron chi connectivity index (χ4n) is 4.77. The lowest BCUT2D eigenvalue weighted by Gasteiger charge is -2.47. The number of anilines is 1. The summed E-state index contributed by atoms with van der Waals surface area (Å²) in [7, 11) is 0. The zero-order valence-corrected chi connectivity index (χ0v) is 20.6. The second-order valence-corrected chi connectivity index (χ2v) is 9.41. The number of benzene rings is 4. The first-order valence-corrected chi connectivity index (χ1v) is 12.4. The SMILES string of the molecule is Cc1ccc(C(=O)CCC2C(=O)N(c3ccc(F)cc3)C2c2ccc(OCc3ccccc3)cc2)cc1. The van der Waals surface area contributed by atoms with Crippen LogP contribution in [0.15, 0.2) is 103 Å². The molecule has 1 heterocycles. The quantitative estimate of drug-likeness (QED) is 0.185. The van der Waals surface area contributed by atoms with E-state index in [2.05, 4.69) is 0 Å². The summed E-state index contributed by atoms with van der Waals surface area (Å²) in [5.41, 5.74) is 4.42. The fraction of sp³-hybridized carbons (Fsp3) is 0.188. The summed E-state index contributed by atoms with van der Waals surface area (Å²) in [5.74, 6) is 0.0100. The van der Waals surface area contributed by atoms with Crippen LogP contribution in [0, 0.1) is 18.7 Å². The number of Topliss-reactive ketones (excluding diaryl/α,β-unsaturated/α-hetero) is 1. The predicted molar refractivity (Wildman–Crippen MR) is 142 cm³/mol. The Hall–Kier alpha value is -4.25. The molecule has 0 radical (unpaired) electrons. The van der Waals surface area contributed by atoms with Gasteiger partial charge < -0.3 is 9.64 Å². The van der Waals surface area contributed by atoms with Crippen molar-refractivity contribution in [1.29, 1.82) is 0 Å². The Bertz CT molecular complexity index is 1370. The summed E-state index contributed by atoms with van der Waals surface area (Å²) in [4.78, 5) is 27.7. The molecule has 0 spiro atoms. The molecular weight excluding hydrogens is 465 g/mol. The highest BCUT2D eigenvalue weighted by Crippen LogP contribution is 2.46. The molecule has 5 heteroatoms. The Kier molecular flexibility index (Phi) is 7.13. The maximum absolute atomic E-state index is 13.5. The van der Waals surface area contributed by atoms with Crippen molar-refractivity contribution in [3.05, 3.63) is 131 Å². The number of hydrogen-bond acceptors (Lipinski definition) is 3. The van der Waals surface area contributed by atoms with E-state index in [1.807, 2.05) is 85.8 Å². The lowest BCUT2D eigenvalue weighted by molar-refractivity contribution is -0.130. The lowest BCUT2D eigenvalue weighted by Crippen LogP contribution is -2.55. The van der Waals surface area contributed by atoms with Crippen LogP contribution in [0.1, 0.15) is 45.9 Å². The van der Waals surface area contributed by atoms with Gasteiger partial charge in [-0.2, -0.15) is 0 Å². The molecule has 0 aliphatic carbocycles. The van der Waals surface area contributed by atoms with Crippen LogP contribution in [-0.2, 0) is 11.4 Å². The number of carbonyl (C=O) groups is 2. The van der Waals surface area contributed by atoms with Crippen LogP contribution >= 0.6 is 0 Å². The minimum atomic E-state index is -0.353. The molecule has 0 bridgehead atoms. The maximum atomic E-state index is 13.5. The van der Waals surface area contributed by atoms with E-state index in [9.17, 15) is 14.0 Å². The summed E-state index contributed by atoms with van der Waals surface area (Å²) in [6.07, 6.45) is 0.728. The van der Waals surface area contributed by atoms with E-state index in [1.54, 1.807) is 17.0 Å². The number of aryl methyl sites for hydroxylation is 1. The molecule has 1 aliphatic rings. The molecule has 2 atom stereocenters. The highest BCUT2D eigenvalue weighted by Gasteiger charge is 2.48. The fourth-order valence-corrected chi connectivity index (χ4v) is 4.77. The summed E-state index contributed by atoms with van der Waals surface area (Å²) in [6.45, 7) is 2.45. The molecule has 1 saturated heterocycles. The average Bonchev–Trinajstić information content (AvgIpc) is 2.93. The largest absolute Gasteiger partial charge is 0.489 e. The van der Waals surface area contributed by atoms with Crippen LogP contribution in [-0.4, -0.2) is 11.7 Å². The van der Waals surface area contributed by atoms with Crippen LogP contribution in [0.4, 0.5) is 10.1 Å². The third kappa shape index (κ3) is 5.46.